The number of hydrogen-bond donors (Lipinski definition) is 1. The van der Waals surface area contributed by atoms with Gasteiger partial charge in [0.1, 0.15) is 6.04 Å². The Morgan fingerprint density at radius 1 is 0.967 bits per heavy atom. The zero-order chi connectivity index (χ0) is 21.6. The lowest BCUT2D eigenvalue weighted by Crippen LogP contribution is -2.49. The number of carbonyl (C=O) groups is 2. The molecule has 0 unspecified atom stereocenters. The molecule has 30 heavy (non-hydrogen) atoms. The van der Waals surface area contributed by atoms with Crippen LogP contribution >= 0.6 is 11.8 Å². The second kappa shape index (κ2) is 13.9. The lowest BCUT2D eigenvalue weighted by molar-refractivity contribution is -0.141. The first-order valence-corrected chi connectivity index (χ1v) is 12.0. The lowest BCUT2D eigenvalue weighted by atomic mass is 10.1. The SMILES string of the molecule is CCCCNC(=O)[C@@H](CC)N(Cc1ccccc1)C(=O)CCSCc1ccccc1. The first-order chi connectivity index (χ1) is 14.7. The molecule has 0 fully saturated rings. The van der Waals surface area contributed by atoms with E-state index in [1.54, 1.807) is 16.7 Å². The van der Waals surface area contributed by atoms with Gasteiger partial charge < -0.3 is 10.2 Å². The monoisotopic (exact) mass is 426 g/mol. The largest absolute Gasteiger partial charge is 0.354 e. The van der Waals surface area contributed by atoms with E-state index in [1.807, 2.05) is 55.5 Å². The Kier molecular flexibility index (Phi) is 11.1. The fraction of sp³-hybridized carbons (Fsp3) is 0.440. The summed E-state index contributed by atoms with van der Waals surface area (Å²) in [7, 11) is 0. The summed E-state index contributed by atoms with van der Waals surface area (Å²) in [6.45, 7) is 5.19. The van der Waals surface area contributed by atoms with Gasteiger partial charge in [0.25, 0.3) is 0 Å². The van der Waals surface area contributed by atoms with Crippen molar-refractivity contribution in [2.45, 2.75) is 57.9 Å². The zero-order valence-corrected chi connectivity index (χ0v) is 19.0. The van der Waals surface area contributed by atoms with Gasteiger partial charge in [-0.2, -0.15) is 11.8 Å². The third kappa shape index (κ3) is 8.23. The van der Waals surface area contributed by atoms with Gasteiger partial charge in [-0.3, -0.25) is 9.59 Å². The Balaban J connectivity index is 1.99. The van der Waals surface area contributed by atoms with Crippen LogP contribution in [0.3, 0.4) is 0 Å². The van der Waals surface area contributed by atoms with Crippen molar-refractivity contribution < 1.29 is 9.59 Å². The van der Waals surface area contributed by atoms with Crippen LogP contribution in [0.2, 0.25) is 0 Å². The number of thioether (sulfide) groups is 1. The topological polar surface area (TPSA) is 49.4 Å². The molecule has 5 heteroatoms. The van der Waals surface area contributed by atoms with Crippen molar-refractivity contribution in [3.05, 3.63) is 71.8 Å². The van der Waals surface area contributed by atoms with Crippen LogP contribution in [-0.4, -0.2) is 35.1 Å². The highest BCUT2D eigenvalue weighted by Crippen LogP contribution is 2.17. The maximum Gasteiger partial charge on any atom is 0.242 e. The number of benzene rings is 2. The summed E-state index contributed by atoms with van der Waals surface area (Å²) in [6.07, 6.45) is 3.02. The maximum absolute atomic E-state index is 13.1. The Morgan fingerprint density at radius 3 is 2.20 bits per heavy atom. The number of unbranched alkanes of at least 4 members (excludes halogenated alkanes) is 1. The van der Waals surface area contributed by atoms with Gasteiger partial charge in [-0.05, 0) is 24.0 Å². The number of nitrogens with one attached hydrogen (secondary N) is 1. The molecule has 2 aromatic rings. The van der Waals surface area contributed by atoms with Gasteiger partial charge in [0.05, 0.1) is 0 Å². The molecule has 0 aliphatic heterocycles. The van der Waals surface area contributed by atoms with Gasteiger partial charge in [-0.1, -0.05) is 80.9 Å². The van der Waals surface area contributed by atoms with Crippen molar-refractivity contribution >= 4 is 23.6 Å². The standard InChI is InChI=1S/C25H34N2O2S/c1-3-5-17-26-25(29)23(4-2)27(19-21-12-8-6-9-13-21)24(28)16-18-30-20-22-14-10-7-11-15-22/h6-15,23H,3-5,16-20H2,1-2H3,(H,26,29)/t23-/m1/s1. The number of nitrogens with zero attached hydrogens (tertiary/aromatic N) is 1. The van der Waals surface area contributed by atoms with Crippen LogP contribution in [0.1, 0.15) is 50.7 Å². The van der Waals surface area contributed by atoms with Crippen LogP contribution in [-0.2, 0) is 21.9 Å². The first kappa shape index (κ1) is 24.0. The van der Waals surface area contributed by atoms with Crippen LogP contribution in [0.15, 0.2) is 60.7 Å². The van der Waals surface area contributed by atoms with E-state index in [0.29, 0.717) is 25.9 Å². The van der Waals surface area contributed by atoms with Gasteiger partial charge in [0.2, 0.25) is 11.8 Å². The van der Waals surface area contributed by atoms with Gasteiger partial charge in [-0.15, -0.1) is 0 Å². The summed E-state index contributed by atoms with van der Waals surface area (Å²) in [5.41, 5.74) is 2.31. The number of rotatable bonds is 13. The minimum Gasteiger partial charge on any atom is -0.354 e. The van der Waals surface area contributed by atoms with E-state index in [1.165, 1.54) is 5.56 Å². The maximum atomic E-state index is 13.1. The van der Waals surface area contributed by atoms with E-state index in [4.69, 9.17) is 0 Å². The summed E-state index contributed by atoms with van der Waals surface area (Å²) in [6, 6.07) is 19.8. The highest BCUT2D eigenvalue weighted by Gasteiger charge is 2.28. The van der Waals surface area contributed by atoms with Crippen molar-refractivity contribution in [3.8, 4) is 0 Å². The molecule has 0 saturated carbocycles. The molecule has 0 aliphatic carbocycles. The molecule has 1 atom stereocenters. The molecule has 0 saturated heterocycles. The van der Waals surface area contributed by atoms with E-state index in [9.17, 15) is 9.59 Å². The molecule has 2 rings (SSSR count). The van der Waals surface area contributed by atoms with E-state index in [0.717, 1.165) is 29.9 Å². The van der Waals surface area contributed by atoms with Gasteiger partial charge in [0, 0.05) is 31.0 Å². The van der Waals surface area contributed by atoms with E-state index in [2.05, 4.69) is 24.4 Å². The fourth-order valence-corrected chi connectivity index (χ4v) is 4.16. The van der Waals surface area contributed by atoms with Crippen molar-refractivity contribution in [1.29, 1.82) is 0 Å². The van der Waals surface area contributed by atoms with E-state index in [-0.39, 0.29) is 11.8 Å². The van der Waals surface area contributed by atoms with E-state index >= 15 is 0 Å². The average molecular weight is 427 g/mol. The fourth-order valence-electron chi connectivity index (χ4n) is 3.27. The third-order valence-electron chi connectivity index (χ3n) is 4.98. The molecule has 0 radical (unpaired) electrons. The second-order valence-corrected chi connectivity index (χ2v) is 8.47. The lowest BCUT2D eigenvalue weighted by Gasteiger charge is -2.30. The van der Waals surface area contributed by atoms with Crippen LogP contribution in [0.5, 0.6) is 0 Å². The predicted octanol–water partition coefficient (Wildman–Crippen LogP) is 5.03. The van der Waals surface area contributed by atoms with Crippen LogP contribution in [0.4, 0.5) is 0 Å². The molecule has 1 N–H and O–H groups in total. The van der Waals surface area contributed by atoms with Crippen LogP contribution < -0.4 is 5.32 Å². The number of amides is 2. The van der Waals surface area contributed by atoms with Crippen LogP contribution in [0, 0.1) is 0 Å². The summed E-state index contributed by atoms with van der Waals surface area (Å²) in [5.74, 6) is 1.62. The zero-order valence-electron chi connectivity index (χ0n) is 18.2. The van der Waals surface area contributed by atoms with Gasteiger partial charge in [0.15, 0.2) is 0 Å². The van der Waals surface area contributed by atoms with Gasteiger partial charge in [-0.25, -0.2) is 0 Å². The Labute approximate surface area is 185 Å². The number of carbonyl (C=O) groups excluding carboxylic acids is 2. The summed E-state index contributed by atoms with van der Waals surface area (Å²) < 4.78 is 0. The average Bonchev–Trinajstić information content (AvgIpc) is 2.78. The minimum absolute atomic E-state index is 0.0388. The molecule has 4 nitrogen and oxygen atoms in total. The Hall–Kier alpha value is -2.27. The molecular formula is C25H34N2O2S. The van der Waals surface area contributed by atoms with E-state index < -0.39 is 6.04 Å². The summed E-state index contributed by atoms with van der Waals surface area (Å²) in [4.78, 5) is 27.7. The second-order valence-electron chi connectivity index (χ2n) is 7.36. The first-order valence-electron chi connectivity index (χ1n) is 10.9. The van der Waals surface area contributed by atoms with Gasteiger partial charge >= 0.3 is 0 Å². The van der Waals surface area contributed by atoms with Crippen molar-refractivity contribution in [1.82, 2.24) is 10.2 Å². The Morgan fingerprint density at radius 2 is 1.60 bits per heavy atom. The third-order valence-corrected chi connectivity index (χ3v) is 6.01. The molecule has 0 aromatic heterocycles. The molecule has 0 aliphatic rings. The minimum atomic E-state index is -0.436. The van der Waals surface area contributed by atoms with Crippen LogP contribution in [0.25, 0.3) is 0 Å². The Bertz CT molecular complexity index is 752. The highest BCUT2D eigenvalue weighted by molar-refractivity contribution is 7.98. The summed E-state index contributed by atoms with van der Waals surface area (Å²) >= 11 is 1.75. The quantitative estimate of drug-likeness (QED) is 0.457. The summed E-state index contributed by atoms with van der Waals surface area (Å²) in [5, 5.41) is 3.01. The molecule has 0 heterocycles. The molecule has 0 bridgehead atoms. The molecule has 2 amide bonds. The molecule has 2 aromatic carbocycles. The molecule has 0 spiro atoms. The smallest absolute Gasteiger partial charge is 0.242 e. The normalized spacial score (nSPS) is 11.7. The predicted molar refractivity (Wildman–Crippen MR) is 126 cm³/mol. The van der Waals surface area contributed by atoms with Crippen molar-refractivity contribution in [2.75, 3.05) is 12.3 Å². The van der Waals surface area contributed by atoms with Crippen molar-refractivity contribution in [3.63, 3.8) is 0 Å². The molecular weight excluding hydrogens is 392 g/mol. The number of hydrogen-bond acceptors (Lipinski definition) is 3. The molecule has 162 valence electrons. The van der Waals surface area contributed by atoms with Crippen molar-refractivity contribution in [2.24, 2.45) is 0 Å². The highest BCUT2D eigenvalue weighted by atomic mass is 32.2.